The number of hydrogen-bond acceptors (Lipinski definition) is 2. The van der Waals surface area contributed by atoms with Gasteiger partial charge < -0.3 is 15.2 Å². The number of nitrogens with one attached hydrogen (secondary N) is 2. The SMILES string of the molecule is Cc1ccc(NC(=O)CN2C(=O)c3ccccc3C2c2c(-c3ccc(C)cc3)[nH]c3ccccc23)cc1. The van der Waals surface area contributed by atoms with Gasteiger partial charge in [0.05, 0.1) is 11.7 Å². The molecule has 1 aromatic heterocycles. The molecule has 182 valence electrons. The number of aryl methyl sites for hydroxylation is 2. The third-order valence-electron chi connectivity index (χ3n) is 7.07. The van der Waals surface area contributed by atoms with Gasteiger partial charge in [-0.2, -0.15) is 0 Å². The summed E-state index contributed by atoms with van der Waals surface area (Å²) in [5.41, 5.74) is 8.55. The van der Waals surface area contributed by atoms with Crippen LogP contribution in [0, 0.1) is 13.8 Å². The van der Waals surface area contributed by atoms with Crippen LogP contribution in [0.4, 0.5) is 5.69 Å². The number of carbonyl (C=O) groups is 2. The van der Waals surface area contributed by atoms with Crippen molar-refractivity contribution in [2.24, 2.45) is 0 Å². The third-order valence-corrected chi connectivity index (χ3v) is 7.07. The number of hydrogen-bond donors (Lipinski definition) is 2. The van der Waals surface area contributed by atoms with E-state index >= 15 is 0 Å². The quantitative estimate of drug-likeness (QED) is 0.293. The van der Waals surface area contributed by atoms with Gasteiger partial charge in [-0.15, -0.1) is 0 Å². The molecule has 1 unspecified atom stereocenters. The Kier molecular flexibility index (Phi) is 5.61. The highest BCUT2D eigenvalue weighted by Crippen LogP contribution is 2.45. The van der Waals surface area contributed by atoms with E-state index < -0.39 is 6.04 Å². The van der Waals surface area contributed by atoms with Gasteiger partial charge in [0.15, 0.2) is 0 Å². The van der Waals surface area contributed by atoms with Gasteiger partial charge in [0.2, 0.25) is 5.91 Å². The predicted octanol–water partition coefficient (Wildman–Crippen LogP) is 6.64. The Morgan fingerprint density at radius 2 is 1.49 bits per heavy atom. The molecule has 0 fully saturated rings. The summed E-state index contributed by atoms with van der Waals surface area (Å²) in [5, 5.41) is 4.00. The molecule has 0 saturated heterocycles. The second-order valence-electron chi connectivity index (χ2n) is 9.66. The molecule has 2 heterocycles. The fourth-order valence-electron chi connectivity index (χ4n) is 5.23. The Labute approximate surface area is 215 Å². The molecule has 37 heavy (non-hydrogen) atoms. The van der Waals surface area contributed by atoms with E-state index in [1.807, 2.05) is 73.7 Å². The van der Waals surface area contributed by atoms with Gasteiger partial charge in [-0.3, -0.25) is 9.59 Å². The van der Waals surface area contributed by atoms with E-state index in [-0.39, 0.29) is 18.4 Å². The summed E-state index contributed by atoms with van der Waals surface area (Å²) in [6.07, 6.45) is 0. The molecular weight excluding hydrogens is 458 g/mol. The van der Waals surface area contributed by atoms with Gasteiger partial charge in [0, 0.05) is 27.7 Å². The normalized spacial score (nSPS) is 14.7. The minimum Gasteiger partial charge on any atom is -0.354 e. The molecule has 4 aromatic carbocycles. The lowest BCUT2D eigenvalue weighted by molar-refractivity contribution is -0.117. The van der Waals surface area contributed by atoms with Gasteiger partial charge in [-0.25, -0.2) is 0 Å². The first kappa shape index (κ1) is 22.8. The predicted molar refractivity (Wildman–Crippen MR) is 148 cm³/mol. The van der Waals surface area contributed by atoms with Crippen molar-refractivity contribution in [1.82, 2.24) is 9.88 Å². The van der Waals surface area contributed by atoms with Gasteiger partial charge in [-0.1, -0.05) is 83.9 Å². The fraction of sp³-hybridized carbons (Fsp3) is 0.125. The average molecular weight is 486 g/mol. The monoisotopic (exact) mass is 485 g/mol. The Balaban J connectivity index is 1.47. The van der Waals surface area contributed by atoms with E-state index in [0.717, 1.165) is 38.9 Å². The van der Waals surface area contributed by atoms with E-state index in [9.17, 15) is 9.59 Å². The molecule has 5 nitrogen and oxygen atoms in total. The molecule has 5 heteroatoms. The van der Waals surface area contributed by atoms with Crippen molar-refractivity contribution < 1.29 is 9.59 Å². The summed E-state index contributed by atoms with van der Waals surface area (Å²) in [5.74, 6) is -0.369. The molecule has 2 amide bonds. The van der Waals surface area contributed by atoms with Crippen LogP contribution in [0.5, 0.6) is 0 Å². The minimum atomic E-state index is -0.403. The first-order valence-corrected chi connectivity index (χ1v) is 12.4. The van der Waals surface area contributed by atoms with Crippen LogP contribution in [0.3, 0.4) is 0 Å². The van der Waals surface area contributed by atoms with E-state index in [2.05, 4.69) is 47.6 Å². The second-order valence-corrected chi connectivity index (χ2v) is 9.66. The largest absolute Gasteiger partial charge is 0.354 e. The maximum atomic E-state index is 13.7. The van der Waals surface area contributed by atoms with E-state index in [1.54, 1.807) is 4.90 Å². The first-order chi connectivity index (χ1) is 18.0. The van der Waals surface area contributed by atoms with Gasteiger partial charge in [0.25, 0.3) is 5.91 Å². The van der Waals surface area contributed by atoms with Crippen LogP contribution >= 0.6 is 0 Å². The number of anilines is 1. The number of amides is 2. The number of carbonyl (C=O) groups excluding carboxylic acids is 2. The van der Waals surface area contributed by atoms with Crippen LogP contribution in [0.25, 0.3) is 22.2 Å². The fourth-order valence-corrected chi connectivity index (χ4v) is 5.23. The molecule has 0 aliphatic carbocycles. The van der Waals surface area contributed by atoms with Crippen molar-refractivity contribution in [3.05, 3.63) is 125 Å². The van der Waals surface area contributed by atoms with Crippen LogP contribution in [0.1, 0.15) is 38.7 Å². The van der Waals surface area contributed by atoms with Crippen LogP contribution in [-0.2, 0) is 4.79 Å². The number of H-pyrrole nitrogens is 1. The van der Waals surface area contributed by atoms with Crippen molar-refractivity contribution >= 4 is 28.4 Å². The minimum absolute atomic E-state index is 0.0566. The van der Waals surface area contributed by atoms with Crippen molar-refractivity contribution in [2.75, 3.05) is 11.9 Å². The molecular formula is C32H27N3O2. The van der Waals surface area contributed by atoms with E-state index in [1.165, 1.54) is 5.56 Å². The smallest absolute Gasteiger partial charge is 0.255 e. The number of aromatic amines is 1. The molecule has 0 spiro atoms. The van der Waals surface area contributed by atoms with E-state index in [0.29, 0.717) is 11.3 Å². The molecule has 6 rings (SSSR count). The standard InChI is InChI=1S/C32H27N3O2/c1-20-11-15-22(16-12-20)30-29(26-9-5-6-10-27(26)34-30)31-24-7-3-4-8-25(24)32(37)35(31)19-28(36)33-23-17-13-21(2)14-18-23/h3-18,31,34H,19H2,1-2H3,(H,33,36). The highest BCUT2D eigenvalue weighted by Gasteiger charge is 2.41. The lowest BCUT2D eigenvalue weighted by atomic mass is 9.93. The molecule has 1 aliphatic rings. The van der Waals surface area contributed by atoms with Gasteiger partial charge in [0.1, 0.15) is 6.54 Å². The van der Waals surface area contributed by atoms with E-state index in [4.69, 9.17) is 0 Å². The zero-order chi connectivity index (χ0) is 25.5. The topological polar surface area (TPSA) is 65.2 Å². The van der Waals surface area contributed by atoms with Crippen molar-refractivity contribution in [3.63, 3.8) is 0 Å². The van der Waals surface area contributed by atoms with Crippen LogP contribution in [0.15, 0.2) is 97.1 Å². The average Bonchev–Trinajstić information content (AvgIpc) is 3.41. The lowest BCUT2D eigenvalue weighted by Crippen LogP contribution is -2.36. The second kappa shape index (κ2) is 9.10. The lowest BCUT2D eigenvalue weighted by Gasteiger charge is -2.26. The van der Waals surface area contributed by atoms with Crippen LogP contribution in [0.2, 0.25) is 0 Å². The maximum Gasteiger partial charge on any atom is 0.255 e. The molecule has 1 aliphatic heterocycles. The molecule has 5 aromatic rings. The Hall–Kier alpha value is -4.64. The number of aromatic nitrogens is 1. The van der Waals surface area contributed by atoms with Crippen LogP contribution < -0.4 is 5.32 Å². The number of para-hydroxylation sites is 1. The summed E-state index contributed by atoms with van der Waals surface area (Å²) < 4.78 is 0. The zero-order valence-corrected chi connectivity index (χ0v) is 20.8. The summed E-state index contributed by atoms with van der Waals surface area (Å²) >= 11 is 0. The maximum absolute atomic E-state index is 13.7. The highest BCUT2D eigenvalue weighted by atomic mass is 16.2. The number of rotatable bonds is 5. The Morgan fingerprint density at radius 3 is 2.24 bits per heavy atom. The van der Waals surface area contributed by atoms with Crippen molar-refractivity contribution in [1.29, 1.82) is 0 Å². The number of benzene rings is 4. The zero-order valence-electron chi connectivity index (χ0n) is 20.8. The summed E-state index contributed by atoms with van der Waals surface area (Å²) in [4.78, 5) is 32.2. The number of nitrogens with zero attached hydrogens (tertiary/aromatic N) is 1. The molecule has 0 bridgehead atoms. The van der Waals surface area contributed by atoms with Crippen molar-refractivity contribution in [3.8, 4) is 11.3 Å². The first-order valence-electron chi connectivity index (χ1n) is 12.4. The summed E-state index contributed by atoms with van der Waals surface area (Å²) in [7, 11) is 0. The number of fused-ring (bicyclic) bond motifs is 2. The van der Waals surface area contributed by atoms with Crippen molar-refractivity contribution in [2.45, 2.75) is 19.9 Å². The Morgan fingerprint density at radius 1 is 0.838 bits per heavy atom. The van der Waals surface area contributed by atoms with Gasteiger partial charge >= 0.3 is 0 Å². The molecule has 0 saturated carbocycles. The Bertz CT molecular complexity index is 1630. The molecule has 0 radical (unpaired) electrons. The molecule has 1 atom stereocenters. The summed E-state index contributed by atoms with van der Waals surface area (Å²) in [6, 6.07) is 31.4. The molecule has 2 N–H and O–H groups in total. The third kappa shape index (κ3) is 4.08. The summed E-state index contributed by atoms with van der Waals surface area (Å²) in [6.45, 7) is 4.01. The van der Waals surface area contributed by atoms with Gasteiger partial charge in [-0.05, 0) is 49.2 Å². The van der Waals surface area contributed by atoms with Crippen LogP contribution in [-0.4, -0.2) is 28.2 Å². The highest BCUT2D eigenvalue weighted by molar-refractivity contribution is 6.05.